The standard InChI is InChI=1S/C22H32N4O2.2ClH/c1-18(27)26-14-20-13-24(15-21(28)25-11-9-23-10-12-25)16-22(20,17-26)8-7-19-5-3-2-4-6-19;;/h2-6,20,23H,7-17H2,1H3;2*1H/t20-,22+;;/m0../s1. The Morgan fingerprint density at radius 2 is 1.73 bits per heavy atom. The zero-order chi connectivity index (χ0) is 19.6. The number of hydrogen-bond acceptors (Lipinski definition) is 4. The number of benzene rings is 1. The number of fused-ring (bicyclic) bond motifs is 1. The van der Waals surface area contributed by atoms with Gasteiger partial charge in [0.2, 0.25) is 11.8 Å². The van der Waals surface area contributed by atoms with Crippen molar-refractivity contribution in [1.82, 2.24) is 20.0 Å². The minimum absolute atomic E-state index is 0. The number of amides is 2. The summed E-state index contributed by atoms with van der Waals surface area (Å²) >= 11 is 0. The first-order chi connectivity index (χ1) is 13.6. The van der Waals surface area contributed by atoms with E-state index in [-0.39, 0.29) is 42.0 Å². The molecule has 0 aromatic heterocycles. The zero-order valence-electron chi connectivity index (χ0n) is 17.7. The Kier molecular flexibility index (Phi) is 8.98. The van der Waals surface area contributed by atoms with Gasteiger partial charge in [-0.25, -0.2) is 0 Å². The summed E-state index contributed by atoms with van der Waals surface area (Å²) in [7, 11) is 0. The first-order valence-electron chi connectivity index (χ1n) is 10.6. The lowest BCUT2D eigenvalue weighted by Gasteiger charge is -2.31. The van der Waals surface area contributed by atoms with E-state index in [2.05, 4.69) is 40.5 Å². The lowest BCUT2D eigenvalue weighted by atomic mass is 9.76. The molecule has 0 bridgehead atoms. The molecule has 8 heteroatoms. The third-order valence-corrected chi connectivity index (χ3v) is 6.86. The lowest BCUT2D eigenvalue weighted by Crippen LogP contribution is -2.49. The number of piperazine rings is 1. The molecule has 3 heterocycles. The minimum atomic E-state index is 0. The summed E-state index contributed by atoms with van der Waals surface area (Å²) in [5, 5.41) is 3.30. The van der Waals surface area contributed by atoms with Gasteiger partial charge in [0.1, 0.15) is 0 Å². The van der Waals surface area contributed by atoms with Crippen LogP contribution in [0.25, 0.3) is 0 Å². The van der Waals surface area contributed by atoms with E-state index >= 15 is 0 Å². The average molecular weight is 457 g/mol. The summed E-state index contributed by atoms with van der Waals surface area (Å²) in [6, 6.07) is 10.6. The molecule has 0 radical (unpaired) electrons. The van der Waals surface area contributed by atoms with Crippen molar-refractivity contribution in [2.45, 2.75) is 19.8 Å². The number of carbonyl (C=O) groups excluding carboxylic acids is 2. The highest BCUT2D eigenvalue weighted by atomic mass is 35.5. The maximum Gasteiger partial charge on any atom is 0.236 e. The van der Waals surface area contributed by atoms with Crippen molar-refractivity contribution in [2.24, 2.45) is 11.3 Å². The Morgan fingerprint density at radius 1 is 1.03 bits per heavy atom. The molecule has 4 rings (SSSR count). The lowest BCUT2D eigenvalue weighted by molar-refractivity contribution is -0.133. The highest BCUT2D eigenvalue weighted by Gasteiger charge is 2.52. The normalized spacial score (nSPS) is 26.0. The molecule has 0 aliphatic carbocycles. The van der Waals surface area contributed by atoms with Crippen molar-refractivity contribution in [3.05, 3.63) is 35.9 Å². The van der Waals surface area contributed by atoms with E-state index in [1.54, 1.807) is 6.92 Å². The maximum atomic E-state index is 12.7. The number of aryl methyl sites for hydroxylation is 1. The fourth-order valence-electron chi connectivity index (χ4n) is 5.25. The molecular formula is C22H34Cl2N4O2. The predicted molar refractivity (Wildman–Crippen MR) is 123 cm³/mol. The number of halogens is 2. The average Bonchev–Trinajstić information content (AvgIpc) is 3.22. The molecule has 3 saturated heterocycles. The van der Waals surface area contributed by atoms with E-state index in [0.717, 1.165) is 65.2 Å². The highest BCUT2D eigenvalue weighted by molar-refractivity contribution is 5.85. The van der Waals surface area contributed by atoms with Crippen molar-refractivity contribution in [3.8, 4) is 0 Å². The van der Waals surface area contributed by atoms with Crippen LogP contribution in [0.4, 0.5) is 0 Å². The van der Waals surface area contributed by atoms with Crippen LogP contribution in [0.1, 0.15) is 18.9 Å². The summed E-state index contributed by atoms with van der Waals surface area (Å²) in [5.41, 5.74) is 1.47. The van der Waals surface area contributed by atoms with Gasteiger partial charge >= 0.3 is 0 Å². The molecule has 30 heavy (non-hydrogen) atoms. The van der Waals surface area contributed by atoms with Crippen LogP contribution >= 0.6 is 24.8 Å². The number of likely N-dealkylation sites (tertiary alicyclic amines) is 2. The molecule has 6 nitrogen and oxygen atoms in total. The first-order valence-corrected chi connectivity index (χ1v) is 10.6. The van der Waals surface area contributed by atoms with Gasteiger partial charge in [0.25, 0.3) is 0 Å². The fourth-order valence-corrected chi connectivity index (χ4v) is 5.25. The number of rotatable bonds is 5. The smallest absolute Gasteiger partial charge is 0.236 e. The Bertz CT molecular complexity index is 714. The molecular weight excluding hydrogens is 423 g/mol. The third kappa shape index (κ3) is 5.47. The first kappa shape index (κ1) is 24.9. The molecule has 3 fully saturated rings. The van der Waals surface area contributed by atoms with E-state index in [4.69, 9.17) is 0 Å². The topological polar surface area (TPSA) is 55.9 Å². The van der Waals surface area contributed by atoms with Crippen LogP contribution in [-0.2, 0) is 16.0 Å². The molecule has 1 N–H and O–H groups in total. The van der Waals surface area contributed by atoms with Crippen molar-refractivity contribution in [3.63, 3.8) is 0 Å². The van der Waals surface area contributed by atoms with Crippen molar-refractivity contribution in [2.75, 3.05) is 58.9 Å². The Morgan fingerprint density at radius 3 is 2.40 bits per heavy atom. The summed E-state index contributed by atoms with van der Waals surface area (Å²) in [6.07, 6.45) is 2.10. The Labute approximate surface area is 192 Å². The molecule has 168 valence electrons. The van der Waals surface area contributed by atoms with Crippen LogP contribution in [0, 0.1) is 11.3 Å². The quantitative estimate of drug-likeness (QED) is 0.731. The van der Waals surface area contributed by atoms with Crippen molar-refractivity contribution >= 4 is 36.6 Å². The second-order valence-electron chi connectivity index (χ2n) is 8.74. The number of nitrogens with one attached hydrogen (secondary N) is 1. The van der Waals surface area contributed by atoms with Crippen LogP contribution < -0.4 is 5.32 Å². The second kappa shape index (κ2) is 10.8. The van der Waals surface area contributed by atoms with E-state index in [1.165, 1.54) is 5.56 Å². The molecule has 1 aromatic rings. The maximum absolute atomic E-state index is 12.7. The molecule has 3 aliphatic rings. The van der Waals surface area contributed by atoms with E-state index in [1.807, 2.05) is 9.80 Å². The van der Waals surface area contributed by atoms with Crippen LogP contribution in [0.2, 0.25) is 0 Å². The number of hydrogen-bond donors (Lipinski definition) is 1. The van der Waals surface area contributed by atoms with Crippen LogP contribution in [0.3, 0.4) is 0 Å². The Hall–Kier alpha value is -1.34. The van der Waals surface area contributed by atoms with Gasteiger partial charge in [0.05, 0.1) is 6.54 Å². The van der Waals surface area contributed by atoms with Crippen LogP contribution in [0.5, 0.6) is 0 Å². The van der Waals surface area contributed by atoms with Crippen molar-refractivity contribution in [1.29, 1.82) is 0 Å². The summed E-state index contributed by atoms with van der Waals surface area (Å²) in [6.45, 7) is 9.12. The van der Waals surface area contributed by atoms with Gasteiger partial charge in [-0.3, -0.25) is 14.5 Å². The van der Waals surface area contributed by atoms with Gasteiger partial charge in [0.15, 0.2) is 0 Å². The van der Waals surface area contributed by atoms with Gasteiger partial charge in [-0.1, -0.05) is 30.3 Å². The summed E-state index contributed by atoms with van der Waals surface area (Å²) in [5.74, 6) is 0.899. The largest absolute Gasteiger partial charge is 0.342 e. The number of nitrogens with zero attached hydrogens (tertiary/aromatic N) is 3. The number of carbonyl (C=O) groups is 2. The van der Waals surface area contributed by atoms with E-state index < -0.39 is 0 Å². The highest BCUT2D eigenvalue weighted by Crippen LogP contribution is 2.45. The molecule has 1 aromatic carbocycles. The molecule has 0 saturated carbocycles. The minimum Gasteiger partial charge on any atom is -0.342 e. The third-order valence-electron chi connectivity index (χ3n) is 6.86. The van der Waals surface area contributed by atoms with Crippen LogP contribution in [-0.4, -0.2) is 85.4 Å². The van der Waals surface area contributed by atoms with Crippen molar-refractivity contribution < 1.29 is 9.59 Å². The monoisotopic (exact) mass is 456 g/mol. The summed E-state index contributed by atoms with van der Waals surface area (Å²) < 4.78 is 0. The van der Waals surface area contributed by atoms with Gasteiger partial charge in [-0.05, 0) is 24.3 Å². The predicted octanol–water partition coefficient (Wildman–Crippen LogP) is 1.67. The zero-order valence-corrected chi connectivity index (χ0v) is 19.3. The molecule has 3 aliphatic heterocycles. The fraction of sp³-hybridized carbons (Fsp3) is 0.636. The van der Waals surface area contributed by atoms with Gasteiger partial charge < -0.3 is 15.1 Å². The van der Waals surface area contributed by atoms with Gasteiger partial charge in [-0.15, -0.1) is 24.8 Å². The van der Waals surface area contributed by atoms with Crippen LogP contribution in [0.15, 0.2) is 30.3 Å². The molecule has 0 spiro atoms. The van der Waals surface area contributed by atoms with E-state index in [0.29, 0.717) is 12.5 Å². The molecule has 0 unspecified atom stereocenters. The Balaban J connectivity index is 0.00000160. The van der Waals surface area contributed by atoms with E-state index in [9.17, 15) is 9.59 Å². The summed E-state index contributed by atoms with van der Waals surface area (Å²) in [4.78, 5) is 31.1. The molecule has 2 amide bonds. The van der Waals surface area contributed by atoms with Gasteiger partial charge in [0, 0.05) is 64.7 Å². The second-order valence-corrected chi connectivity index (χ2v) is 8.74. The van der Waals surface area contributed by atoms with Gasteiger partial charge in [-0.2, -0.15) is 0 Å². The molecule has 2 atom stereocenters. The SMILES string of the molecule is CC(=O)N1C[C@@H]2CN(CC(=O)N3CCNCC3)C[C@]2(CCc2ccccc2)C1.Cl.Cl.